The van der Waals surface area contributed by atoms with Crippen LogP contribution in [-0.2, 0) is 13.1 Å². The van der Waals surface area contributed by atoms with E-state index in [2.05, 4.69) is 22.5 Å². The first-order chi connectivity index (χ1) is 14.0. The van der Waals surface area contributed by atoms with E-state index in [1.54, 1.807) is 24.3 Å². The van der Waals surface area contributed by atoms with Gasteiger partial charge in [-0.2, -0.15) is 5.10 Å². The van der Waals surface area contributed by atoms with Gasteiger partial charge < -0.3 is 9.73 Å². The van der Waals surface area contributed by atoms with Crippen molar-refractivity contribution < 1.29 is 9.21 Å². The molecule has 0 aliphatic carbocycles. The van der Waals surface area contributed by atoms with Gasteiger partial charge in [0, 0.05) is 23.2 Å². The fourth-order valence-electron chi connectivity index (χ4n) is 3.38. The Morgan fingerprint density at radius 1 is 1.07 bits per heavy atom. The fourth-order valence-corrected chi connectivity index (χ4v) is 3.38. The summed E-state index contributed by atoms with van der Waals surface area (Å²) < 4.78 is 7.18. The van der Waals surface area contributed by atoms with Gasteiger partial charge in [0.05, 0.1) is 12.2 Å². The van der Waals surface area contributed by atoms with Gasteiger partial charge in [-0.3, -0.25) is 9.48 Å². The van der Waals surface area contributed by atoms with Crippen molar-refractivity contribution in [3.63, 3.8) is 0 Å². The molecule has 1 amide bonds. The monoisotopic (exact) mass is 387 g/mol. The van der Waals surface area contributed by atoms with Crippen LogP contribution in [-0.4, -0.2) is 15.7 Å². The van der Waals surface area contributed by atoms with Gasteiger partial charge in [-0.1, -0.05) is 48.5 Å². The summed E-state index contributed by atoms with van der Waals surface area (Å²) in [6.07, 6.45) is 0. The Morgan fingerprint density at radius 2 is 1.79 bits per heavy atom. The average molecular weight is 387 g/mol. The highest BCUT2D eigenvalue weighted by Gasteiger charge is 2.16. The van der Waals surface area contributed by atoms with Crippen LogP contribution >= 0.6 is 0 Å². The minimum atomic E-state index is -0.644. The van der Waals surface area contributed by atoms with E-state index >= 15 is 0 Å². The molecule has 2 aromatic carbocycles. The van der Waals surface area contributed by atoms with Gasteiger partial charge in [-0.15, -0.1) is 0 Å². The molecule has 0 radical (unpaired) electrons. The minimum absolute atomic E-state index is 0.00400. The topological polar surface area (TPSA) is 77.1 Å². The number of para-hydroxylation sites is 1. The number of hydrogen-bond donors (Lipinski definition) is 1. The molecule has 0 unspecified atom stereocenters. The largest absolute Gasteiger partial charge is 0.422 e. The Bertz CT molecular complexity index is 1240. The van der Waals surface area contributed by atoms with E-state index in [9.17, 15) is 9.59 Å². The lowest BCUT2D eigenvalue weighted by Gasteiger charge is -2.07. The fraction of sp³-hybridized carbons (Fsp3) is 0.174. The first kappa shape index (κ1) is 18.7. The maximum atomic E-state index is 12.6. The summed E-state index contributed by atoms with van der Waals surface area (Å²) in [5.41, 5.74) is 3.75. The van der Waals surface area contributed by atoms with Crippen molar-refractivity contribution >= 4 is 16.9 Å². The summed E-state index contributed by atoms with van der Waals surface area (Å²) >= 11 is 0. The van der Waals surface area contributed by atoms with Crippen molar-refractivity contribution in [1.29, 1.82) is 0 Å². The highest BCUT2D eigenvalue weighted by Crippen LogP contribution is 2.16. The molecule has 2 aromatic heterocycles. The summed E-state index contributed by atoms with van der Waals surface area (Å²) in [5, 5.41) is 8.14. The van der Waals surface area contributed by atoms with E-state index in [1.165, 1.54) is 0 Å². The highest BCUT2D eigenvalue weighted by atomic mass is 16.4. The number of nitrogens with one attached hydrogen (secondary N) is 1. The average Bonchev–Trinajstić information content (AvgIpc) is 2.99. The summed E-state index contributed by atoms with van der Waals surface area (Å²) in [6.45, 7) is 4.85. The first-order valence-electron chi connectivity index (χ1n) is 9.41. The lowest BCUT2D eigenvalue weighted by Crippen LogP contribution is -2.28. The third-order valence-corrected chi connectivity index (χ3v) is 5.02. The summed E-state index contributed by atoms with van der Waals surface area (Å²) in [7, 11) is 0. The number of amides is 1. The molecule has 0 saturated heterocycles. The van der Waals surface area contributed by atoms with E-state index in [4.69, 9.17) is 4.42 Å². The molecule has 4 rings (SSSR count). The Kier molecular flexibility index (Phi) is 4.99. The predicted octanol–water partition coefficient (Wildman–Crippen LogP) is 3.58. The van der Waals surface area contributed by atoms with Crippen LogP contribution in [0.2, 0.25) is 0 Å². The van der Waals surface area contributed by atoms with Gasteiger partial charge in [-0.25, -0.2) is 4.79 Å². The third-order valence-electron chi connectivity index (χ3n) is 5.02. The second kappa shape index (κ2) is 7.75. The van der Waals surface area contributed by atoms with Gasteiger partial charge in [0.25, 0.3) is 5.91 Å². The smallest absolute Gasteiger partial charge is 0.349 e. The molecule has 2 heterocycles. The van der Waals surface area contributed by atoms with Crippen LogP contribution in [0.25, 0.3) is 11.0 Å². The number of carbonyl (C=O) groups is 1. The molecule has 0 aliphatic heterocycles. The van der Waals surface area contributed by atoms with Crippen molar-refractivity contribution in [3.8, 4) is 0 Å². The number of rotatable bonds is 5. The standard InChI is InChI=1S/C23H21N3O3/c1-15-20(16(2)26(25-15)14-17-8-4-3-5-9-17)13-24-22(27)19-12-18-10-6-7-11-21(18)29-23(19)28/h3-12H,13-14H2,1-2H3,(H,24,27). The number of nitrogens with zero attached hydrogens (tertiary/aromatic N) is 2. The van der Waals surface area contributed by atoms with Crippen LogP contribution in [0.3, 0.4) is 0 Å². The zero-order chi connectivity index (χ0) is 20.4. The molecule has 0 saturated carbocycles. The third kappa shape index (κ3) is 3.82. The lowest BCUT2D eigenvalue weighted by atomic mass is 10.1. The van der Waals surface area contributed by atoms with Crippen LogP contribution in [0.5, 0.6) is 0 Å². The Labute approximate surface area is 167 Å². The van der Waals surface area contributed by atoms with Crippen molar-refractivity contribution in [1.82, 2.24) is 15.1 Å². The molecule has 0 bridgehead atoms. The summed E-state index contributed by atoms with van der Waals surface area (Å²) in [5.74, 6) is -0.459. The molecule has 6 heteroatoms. The number of hydrogen-bond acceptors (Lipinski definition) is 4. The molecular weight excluding hydrogens is 366 g/mol. The van der Waals surface area contributed by atoms with Crippen molar-refractivity contribution in [3.05, 3.63) is 99.2 Å². The second-order valence-electron chi connectivity index (χ2n) is 6.96. The van der Waals surface area contributed by atoms with Crippen LogP contribution in [0.1, 0.15) is 32.9 Å². The molecule has 1 N–H and O–H groups in total. The molecule has 0 aliphatic rings. The van der Waals surface area contributed by atoms with Crippen LogP contribution < -0.4 is 10.9 Å². The van der Waals surface area contributed by atoms with Crippen LogP contribution in [0.15, 0.2) is 69.9 Å². The van der Waals surface area contributed by atoms with E-state index in [0.717, 1.165) is 22.5 Å². The van der Waals surface area contributed by atoms with Crippen molar-refractivity contribution in [2.75, 3.05) is 0 Å². The van der Waals surface area contributed by atoms with Gasteiger partial charge >= 0.3 is 5.63 Å². The molecule has 4 aromatic rings. The Morgan fingerprint density at radius 3 is 2.59 bits per heavy atom. The van der Waals surface area contributed by atoms with Gasteiger partial charge in [0.2, 0.25) is 0 Å². The zero-order valence-corrected chi connectivity index (χ0v) is 16.3. The Balaban J connectivity index is 1.53. The van der Waals surface area contributed by atoms with E-state index in [0.29, 0.717) is 17.5 Å². The highest BCUT2D eigenvalue weighted by molar-refractivity contribution is 5.96. The molecule has 6 nitrogen and oxygen atoms in total. The molecule has 29 heavy (non-hydrogen) atoms. The van der Waals surface area contributed by atoms with Crippen LogP contribution in [0.4, 0.5) is 0 Å². The van der Waals surface area contributed by atoms with Gasteiger partial charge in [0.1, 0.15) is 11.1 Å². The summed E-state index contributed by atoms with van der Waals surface area (Å²) in [4.78, 5) is 24.8. The number of aryl methyl sites for hydroxylation is 1. The number of carbonyl (C=O) groups excluding carboxylic acids is 1. The molecule has 0 fully saturated rings. The second-order valence-corrected chi connectivity index (χ2v) is 6.96. The minimum Gasteiger partial charge on any atom is -0.422 e. The Hall–Kier alpha value is -3.67. The number of benzene rings is 2. The predicted molar refractivity (Wildman–Crippen MR) is 111 cm³/mol. The number of aromatic nitrogens is 2. The number of fused-ring (bicyclic) bond motifs is 1. The quantitative estimate of drug-likeness (QED) is 0.531. The lowest BCUT2D eigenvalue weighted by molar-refractivity contribution is 0.0947. The maximum Gasteiger partial charge on any atom is 0.349 e. The van der Waals surface area contributed by atoms with E-state index in [-0.39, 0.29) is 12.1 Å². The molecular formula is C23H21N3O3. The maximum absolute atomic E-state index is 12.6. The van der Waals surface area contributed by atoms with Gasteiger partial charge in [-0.05, 0) is 31.5 Å². The van der Waals surface area contributed by atoms with Crippen LogP contribution in [0, 0.1) is 13.8 Å². The molecule has 146 valence electrons. The first-order valence-corrected chi connectivity index (χ1v) is 9.41. The SMILES string of the molecule is Cc1nn(Cc2ccccc2)c(C)c1CNC(=O)c1cc2ccccc2oc1=O. The molecule has 0 atom stereocenters. The van der Waals surface area contributed by atoms with E-state index in [1.807, 2.05) is 42.8 Å². The van der Waals surface area contributed by atoms with Gasteiger partial charge in [0.15, 0.2) is 0 Å². The van der Waals surface area contributed by atoms with Crippen molar-refractivity contribution in [2.24, 2.45) is 0 Å². The van der Waals surface area contributed by atoms with E-state index < -0.39 is 11.5 Å². The van der Waals surface area contributed by atoms with Crippen molar-refractivity contribution in [2.45, 2.75) is 26.9 Å². The normalized spacial score (nSPS) is 11.0. The molecule has 0 spiro atoms. The summed E-state index contributed by atoms with van der Waals surface area (Å²) in [6, 6.07) is 18.8. The zero-order valence-electron chi connectivity index (χ0n) is 16.3.